The summed E-state index contributed by atoms with van der Waals surface area (Å²) in [6.45, 7) is 4.85. The van der Waals surface area contributed by atoms with Gasteiger partial charge in [-0.25, -0.2) is 0 Å². The highest BCUT2D eigenvalue weighted by molar-refractivity contribution is 9.10. The highest BCUT2D eigenvalue weighted by atomic mass is 79.9. The molecule has 0 aromatic heterocycles. The molecule has 0 radical (unpaired) electrons. The van der Waals surface area contributed by atoms with E-state index >= 15 is 0 Å². The van der Waals surface area contributed by atoms with Crippen molar-refractivity contribution >= 4 is 33.2 Å². The van der Waals surface area contributed by atoms with Crippen LogP contribution < -0.4 is 10.6 Å². The smallest absolute Gasteiger partial charge is 0.255 e. The lowest BCUT2D eigenvalue weighted by molar-refractivity contribution is 0.102. The molecule has 2 N–H and O–H groups in total. The van der Waals surface area contributed by atoms with Gasteiger partial charge in [-0.05, 0) is 65.7 Å². The van der Waals surface area contributed by atoms with Gasteiger partial charge in [0.25, 0.3) is 5.91 Å². The van der Waals surface area contributed by atoms with Crippen LogP contribution in [0.15, 0.2) is 46.9 Å². The molecule has 0 saturated heterocycles. The second-order valence-electron chi connectivity index (χ2n) is 4.49. The van der Waals surface area contributed by atoms with Crippen LogP contribution in [-0.4, -0.2) is 12.5 Å². The minimum Gasteiger partial charge on any atom is -0.385 e. The predicted molar refractivity (Wildman–Crippen MR) is 87.4 cm³/mol. The van der Waals surface area contributed by atoms with Crippen LogP contribution in [0.5, 0.6) is 0 Å². The number of anilines is 2. The summed E-state index contributed by atoms with van der Waals surface area (Å²) in [6.07, 6.45) is 0. The van der Waals surface area contributed by atoms with E-state index < -0.39 is 0 Å². The van der Waals surface area contributed by atoms with Crippen LogP contribution in [0.3, 0.4) is 0 Å². The van der Waals surface area contributed by atoms with Crippen molar-refractivity contribution in [2.75, 3.05) is 17.2 Å². The van der Waals surface area contributed by atoms with Crippen LogP contribution in [0.25, 0.3) is 0 Å². The molecule has 0 atom stereocenters. The molecule has 2 aromatic carbocycles. The van der Waals surface area contributed by atoms with Crippen LogP contribution >= 0.6 is 15.9 Å². The summed E-state index contributed by atoms with van der Waals surface area (Å²) in [6, 6.07) is 13.3. The number of nitrogens with one attached hydrogen (secondary N) is 2. The fourth-order valence-corrected chi connectivity index (χ4v) is 2.37. The molecule has 2 rings (SSSR count). The van der Waals surface area contributed by atoms with Crippen molar-refractivity contribution in [3.8, 4) is 0 Å². The minimum atomic E-state index is -0.0996. The predicted octanol–water partition coefficient (Wildman–Crippen LogP) is 4.44. The third kappa shape index (κ3) is 3.39. The van der Waals surface area contributed by atoms with Crippen LogP contribution in [0, 0.1) is 6.92 Å². The Hall–Kier alpha value is -1.81. The van der Waals surface area contributed by atoms with Gasteiger partial charge in [-0.3, -0.25) is 4.79 Å². The molecule has 104 valence electrons. The normalized spacial score (nSPS) is 10.2. The van der Waals surface area contributed by atoms with E-state index in [0.717, 1.165) is 28.0 Å². The molecule has 0 aliphatic rings. The summed E-state index contributed by atoms with van der Waals surface area (Å²) in [5, 5.41) is 6.15. The Morgan fingerprint density at radius 2 is 1.95 bits per heavy atom. The molecule has 0 aliphatic heterocycles. The van der Waals surface area contributed by atoms with E-state index in [1.54, 1.807) is 0 Å². The number of hydrogen-bond donors (Lipinski definition) is 2. The fourth-order valence-electron chi connectivity index (χ4n) is 1.98. The average molecular weight is 333 g/mol. The van der Waals surface area contributed by atoms with Gasteiger partial charge in [-0.1, -0.05) is 12.1 Å². The van der Waals surface area contributed by atoms with E-state index in [-0.39, 0.29) is 5.91 Å². The number of carbonyl (C=O) groups excluding carboxylic acids is 1. The van der Waals surface area contributed by atoms with Crippen molar-refractivity contribution in [3.05, 3.63) is 58.1 Å². The quantitative estimate of drug-likeness (QED) is 0.868. The Morgan fingerprint density at radius 3 is 2.60 bits per heavy atom. The maximum absolute atomic E-state index is 12.3. The zero-order chi connectivity index (χ0) is 14.5. The van der Waals surface area contributed by atoms with Gasteiger partial charge < -0.3 is 10.6 Å². The molecule has 1 amide bonds. The number of benzene rings is 2. The Bertz CT molecular complexity index is 626. The van der Waals surface area contributed by atoms with Crippen molar-refractivity contribution in [1.29, 1.82) is 0 Å². The molecule has 0 unspecified atom stereocenters. The van der Waals surface area contributed by atoms with Crippen molar-refractivity contribution in [3.63, 3.8) is 0 Å². The van der Waals surface area contributed by atoms with Gasteiger partial charge in [0, 0.05) is 22.3 Å². The molecule has 0 bridgehead atoms. The highest BCUT2D eigenvalue weighted by Gasteiger charge is 2.11. The number of para-hydroxylation sites is 1. The maximum Gasteiger partial charge on any atom is 0.255 e. The fraction of sp³-hybridized carbons (Fsp3) is 0.188. The van der Waals surface area contributed by atoms with E-state index in [9.17, 15) is 4.79 Å². The van der Waals surface area contributed by atoms with Crippen molar-refractivity contribution < 1.29 is 4.79 Å². The molecule has 3 nitrogen and oxygen atoms in total. The minimum absolute atomic E-state index is 0.0996. The van der Waals surface area contributed by atoms with Gasteiger partial charge in [0.1, 0.15) is 0 Å². The first kappa shape index (κ1) is 14.6. The van der Waals surface area contributed by atoms with Crippen LogP contribution in [0.1, 0.15) is 22.8 Å². The summed E-state index contributed by atoms with van der Waals surface area (Å²) in [4.78, 5) is 12.3. The lowest BCUT2D eigenvalue weighted by atomic mass is 10.1. The summed E-state index contributed by atoms with van der Waals surface area (Å²) in [7, 11) is 0. The molecule has 20 heavy (non-hydrogen) atoms. The second kappa shape index (κ2) is 6.57. The Kier molecular flexibility index (Phi) is 4.79. The molecule has 4 heteroatoms. The summed E-state index contributed by atoms with van der Waals surface area (Å²) >= 11 is 3.42. The zero-order valence-corrected chi connectivity index (χ0v) is 13.1. The molecule has 0 saturated carbocycles. The van der Waals surface area contributed by atoms with Crippen molar-refractivity contribution in [1.82, 2.24) is 0 Å². The summed E-state index contributed by atoms with van der Waals surface area (Å²) in [5.41, 5.74) is 3.44. The SMILES string of the molecule is CCNc1ccc(C(=O)Nc2ccccc2Br)c(C)c1. The third-order valence-corrected chi connectivity index (χ3v) is 3.67. The van der Waals surface area contributed by atoms with E-state index in [2.05, 4.69) is 26.6 Å². The molecule has 0 spiro atoms. The van der Waals surface area contributed by atoms with Gasteiger partial charge >= 0.3 is 0 Å². The average Bonchev–Trinajstić information content (AvgIpc) is 2.42. The topological polar surface area (TPSA) is 41.1 Å². The van der Waals surface area contributed by atoms with E-state index in [1.807, 2.05) is 56.3 Å². The summed E-state index contributed by atoms with van der Waals surface area (Å²) in [5.74, 6) is -0.0996. The third-order valence-electron chi connectivity index (χ3n) is 2.97. The summed E-state index contributed by atoms with van der Waals surface area (Å²) < 4.78 is 0.871. The Morgan fingerprint density at radius 1 is 1.20 bits per heavy atom. The maximum atomic E-state index is 12.3. The molecular formula is C16H17BrN2O. The highest BCUT2D eigenvalue weighted by Crippen LogP contribution is 2.23. The zero-order valence-electron chi connectivity index (χ0n) is 11.5. The monoisotopic (exact) mass is 332 g/mol. The number of halogens is 1. The van der Waals surface area contributed by atoms with Gasteiger partial charge in [-0.2, -0.15) is 0 Å². The first-order valence-electron chi connectivity index (χ1n) is 6.52. The first-order valence-corrected chi connectivity index (χ1v) is 7.31. The van der Waals surface area contributed by atoms with Gasteiger partial charge in [0.05, 0.1) is 5.69 Å². The van der Waals surface area contributed by atoms with Crippen LogP contribution in [0.4, 0.5) is 11.4 Å². The van der Waals surface area contributed by atoms with Crippen molar-refractivity contribution in [2.24, 2.45) is 0 Å². The lowest BCUT2D eigenvalue weighted by Crippen LogP contribution is -2.14. The molecule has 0 aliphatic carbocycles. The first-order chi connectivity index (χ1) is 9.61. The van der Waals surface area contributed by atoms with E-state index in [4.69, 9.17) is 0 Å². The van der Waals surface area contributed by atoms with Crippen molar-refractivity contribution in [2.45, 2.75) is 13.8 Å². The second-order valence-corrected chi connectivity index (χ2v) is 5.35. The number of amides is 1. The standard InChI is InChI=1S/C16H17BrN2O/c1-3-18-12-8-9-13(11(2)10-12)16(20)19-15-7-5-4-6-14(15)17/h4-10,18H,3H2,1-2H3,(H,19,20). The van der Waals surface area contributed by atoms with E-state index in [1.165, 1.54) is 0 Å². The molecule has 0 heterocycles. The number of rotatable bonds is 4. The Labute approximate surface area is 127 Å². The lowest BCUT2D eigenvalue weighted by Gasteiger charge is -2.11. The van der Waals surface area contributed by atoms with E-state index in [0.29, 0.717) is 5.56 Å². The number of carbonyl (C=O) groups is 1. The number of hydrogen-bond acceptors (Lipinski definition) is 2. The molecular weight excluding hydrogens is 316 g/mol. The van der Waals surface area contributed by atoms with Gasteiger partial charge in [-0.15, -0.1) is 0 Å². The molecule has 2 aromatic rings. The van der Waals surface area contributed by atoms with Crippen LogP contribution in [0.2, 0.25) is 0 Å². The Balaban J connectivity index is 2.19. The molecule has 0 fully saturated rings. The van der Waals surface area contributed by atoms with Gasteiger partial charge in [0.2, 0.25) is 0 Å². The number of aryl methyl sites for hydroxylation is 1. The largest absolute Gasteiger partial charge is 0.385 e. The van der Waals surface area contributed by atoms with Crippen LogP contribution in [-0.2, 0) is 0 Å². The van der Waals surface area contributed by atoms with Gasteiger partial charge in [0.15, 0.2) is 0 Å².